The predicted molar refractivity (Wildman–Crippen MR) is 120 cm³/mol. The van der Waals surface area contributed by atoms with Gasteiger partial charge in [-0.3, -0.25) is 9.48 Å². The van der Waals surface area contributed by atoms with Gasteiger partial charge in [0, 0.05) is 19.2 Å². The number of aromatic nitrogens is 2. The summed E-state index contributed by atoms with van der Waals surface area (Å²) in [6.07, 6.45) is 9.35. The monoisotopic (exact) mass is 404 g/mol. The smallest absolute Gasteiger partial charge is 0.305 e. The highest BCUT2D eigenvalue weighted by Gasteiger charge is 2.18. The van der Waals surface area contributed by atoms with Crippen molar-refractivity contribution in [3.05, 3.63) is 89.7 Å². The summed E-state index contributed by atoms with van der Waals surface area (Å²) < 4.78 is 6.75. The van der Waals surface area contributed by atoms with Crippen molar-refractivity contribution in [2.24, 2.45) is 0 Å². The maximum atomic E-state index is 11.1. The van der Waals surface area contributed by atoms with Crippen LogP contribution in [0.15, 0.2) is 72.9 Å². The van der Waals surface area contributed by atoms with Crippen LogP contribution in [0.25, 0.3) is 0 Å². The van der Waals surface area contributed by atoms with Crippen LogP contribution in [0.1, 0.15) is 67.7 Å². The minimum atomic E-state index is -0.103. The van der Waals surface area contributed by atoms with E-state index in [1.54, 1.807) is 0 Å². The molecule has 3 rings (SSSR count). The first-order chi connectivity index (χ1) is 14.8. The fourth-order valence-electron chi connectivity index (χ4n) is 3.83. The van der Waals surface area contributed by atoms with E-state index in [2.05, 4.69) is 82.3 Å². The standard InChI is InChI=1S/C26H32N2O2/c1-30-25(29)18-12-4-2-3-5-13-20-28-21-19-24(27-28)26(22-14-8-6-9-15-22)23-16-10-7-11-17-23/h6-11,14-17,19,21,26H,2-5,12-13,18,20H2,1H3. The zero-order valence-electron chi connectivity index (χ0n) is 17.9. The van der Waals surface area contributed by atoms with Crippen molar-refractivity contribution in [1.82, 2.24) is 9.78 Å². The molecule has 1 heterocycles. The molecule has 4 nitrogen and oxygen atoms in total. The van der Waals surface area contributed by atoms with Crippen molar-refractivity contribution < 1.29 is 9.53 Å². The maximum Gasteiger partial charge on any atom is 0.305 e. The number of hydrogen-bond donors (Lipinski definition) is 0. The van der Waals surface area contributed by atoms with E-state index < -0.39 is 0 Å². The van der Waals surface area contributed by atoms with Crippen LogP contribution >= 0.6 is 0 Å². The van der Waals surface area contributed by atoms with E-state index in [4.69, 9.17) is 5.10 Å². The molecule has 0 radical (unpaired) electrons. The minimum Gasteiger partial charge on any atom is -0.469 e. The van der Waals surface area contributed by atoms with Gasteiger partial charge < -0.3 is 4.74 Å². The van der Waals surface area contributed by atoms with Crippen molar-refractivity contribution in [3.63, 3.8) is 0 Å². The van der Waals surface area contributed by atoms with Gasteiger partial charge in [0.05, 0.1) is 18.7 Å². The molecule has 0 amide bonds. The summed E-state index contributed by atoms with van der Waals surface area (Å²) in [5, 5.41) is 4.90. The molecule has 1 aromatic heterocycles. The van der Waals surface area contributed by atoms with Gasteiger partial charge in [-0.05, 0) is 30.0 Å². The van der Waals surface area contributed by atoms with E-state index in [9.17, 15) is 4.79 Å². The Morgan fingerprint density at radius 3 is 2.00 bits per heavy atom. The fraction of sp³-hybridized carbons (Fsp3) is 0.385. The van der Waals surface area contributed by atoms with Gasteiger partial charge in [0.25, 0.3) is 0 Å². The van der Waals surface area contributed by atoms with Crippen LogP contribution in [0.5, 0.6) is 0 Å². The Kier molecular flexibility index (Phi) is 8.70. The number of carbonyl (C=O) groups excluding carboxylic acids is 1. The van der Waals surface area contributed by atoms with Crippen LogP contribution in [0.2, 0.25) is 0 Å². The second-order valence-corrected chi connectivity index (χ2v) is 7.71. The Morgan fingerprint density at radius 2 is 1.40 bits per heavy atom. The molecule has 0 spiro atoms. The van der Waals surface area contributed by atoms with Crippen molar-refractivity contribution in [2.75, 3.05) is 7.11 Å². The number of ether oxygens (including phenoxy) is 1. The van der Waals surface area contributed by atoms with Crippen molar-refractivity contribution in [2.45, 2.75) is 57.4 Å². The molecule has 30 heavy (non-hydrogen) atoms. The molecule has 0 N–H and O–H groups in total. The van der Waals surface area contributed by atoms with Gasteiger partial charge in [0.15, 0.2) is 0 Å². The molecule has 0 unspecified atom stereocenters. The van der Waals surface area contributed by atoms with Crippen LogP contribution in [0.3, 0.4) is 0 Å². The van der Waals surface area contributed by atoms with Crippen LogP contribution in [0.4, 0.5) is 0 Å². The van der Waals surface area contributed by atoms with Crippen molar-refractivity contribution in [3.8, 4) is 0 Å². The number of nitrogens with zero attached hydrogens (tertiary/aromatic N) is 2. The molecule has 0 aliphatic rings. The van der Waals surface area contributed by atoms with Gasteiger partial charge in [0.1, 0.15) is 0 Å². The number of aryl methyl sites for hydroxylation is 1. The van der Waals surface area contributed by atoms with Gasteiger partial charge in [-0.15, -0.1) is 0 Å². The number of esters is 1. The van der Waals surface area contributed by atoms with E-state index >= 15 is 0 Å². The quantitative estimate of drug-likeness (QED) is 0.276. The van der Waals surface area contributed by atoms with Gasteiger partial charge in [-0.2, -0.15) is 5.10 Å². The van der Waals surface area contributed by atoms with Gasteiger partial charge >= 0.3 is 5.97 Å². The van der Waals surface area contributed by atoms with E-state index in [1.165, 1.54) is 37.5 Å². The Bertz CT molecular complexity index is 835. The van der Waals surface area contributed by atoms with Gasteiger partial charge in [-0.1, -0.05) is 86.3 Å². The lowest BCUT2D eigenvalue weighted by atomic mass is 9.89. The summed E-state index contributed by atoms with van der Waals surface area (Å²) in [4.78, 5) is 11.1. The molecule has 2 aromatic carbocycles. The first kappa shape index (κ1) is 21.8. The van der Waals surface area contributed by atoms with Crippen molar-refractivity contribution in [1.29, 1.82) is 0 Å². The van der Waals surface area contributed by atoms with Gasteiger partial charge in [0.2, 0.25) is 0 Å². The summed E-state index contributed by atoms with van der Waals surface area (Å²) in [5.74, 6) is 0.0530. The molecular weight excluding hydrogens is 372 g/mol. The highest BCUT2D eigenvalue weighted by atomic mass is 16.5. The highest BCUT2D eigenvalue weighted by molar-refractivity contribution is 5.68. The summed E-state index contributed by atoms with van der Waals surface area (Å²) in [6, 6.07) is 23.3. The Balaban J connectivity index is 1.50. The normalized spacial score (nSPS) is 11.0. The molecule has 3 aromatic rings. The SMILES string of the molecule is COC(=O)CCCCCCCCn1ccc(C(c2ccccc2)c2ccccc2)n1. The summed E-state index contributed by atoms with van der Waals surface area (Å²) >= 11 is 0. The molecule has 0 saturated heterocycles. The number of benzene rings is 2. The molecule has 0 aliphatic carbocycles. The molecular formula is C26H32N2O2. The molecule has 158 valence electrons. The average Bonchev–Trinajstić information content (AvgIpc) is 3.25. The minimum absolute atomic E-state index is 0.103. The summed E-state index contributed by atoms with van der Waals surface area (Å²) in [7, 11) is 1.45. The second-order valence-electron chi connectivity index (χ2n) is 7.71. The van der Waals surface area contributed by atoms with Crippen LogP contribution < -0.4 is 0 Å². The third kappa shape index (κ3) is 6.58. The van der Waals surface area contributed by atoms with Gasteiger partial charge in [-0.25, -0.2) is 0 Å². The van der Waals surface area contributed by atoms with Crippen LogP contribution in [0, 0.1) is 0 Å². The van der Waals surface area contributed by atoms with Crippen molar-refractivity contribution >= 4 is 5.97 Å². The molecule has 0 saturated carbocycles. The predicted octanol–water partition coefficient (Wildman–Crippen LogP) is 5.97. The third-order valence-corrected chi connectivity index (χ3v) is 5.47. The Hall–Kier alpha value is -2.88. The molecule has 0 fully saturated rings. The molecule has 0 bridgehead atoms. The van der Waals surface area contributed by atoms with Crippen LogP contribution in [-0.4, -0.2) is 22.9 Å². The number of hydrogen-bond acceptors (Lipinski definition) is 3. The van der Waals surface area contributed by atoms with Crippen LogP contribution in [-0.2, 0) is 16.1 Å². The summed E-state index contributed by atoms with van der Waals surface area (Å²) in [6.45, 7) is 0.943. The number of carbonyl (C=O) groups is 1. The second kappa shape index (κ2) is 12.0. The lowest BCUT2D eigenvalue weighted by Gasteiger charge is -2.16. The largest absolute Gasteiger partial charge is 0.469 e. The summed E-state index contributed by atoms with van der Waals surface area (Å²) in [5.41, 5.74) is 3.62. The number of rotatable bonds is 12. The first-order valence-corrected chi connectivity index (χ1v) is 11.0. The Labute approximate surface area is 179 Å². The zero-order valence-corrected chi connectivity index (χ0v) is 17.9. The third-order valence-electron chi connectivity index (χ3n) is 5.47. The lowest BCUT2D eigenvalue weighted by molar-refractivity contribution is -0.140. The average molecular weight is 405 g/mol. The zero-order chi connectivity index (χ0) is 21.0. The first-order valence-electron chi connectivity index (χ1n) is 11.0. The van der Waals surface area contributed by atoms with E-state index in [1.807, 2.05) is 0 Å². The van der Waals surface area contributed by atoms with E-state index in [0.717, 1.165) is 31.5 Å². The number of unbranched alkanes of at least 4 members (excludes halogenated alkanes) is 5. The maximum absolute atomic E-state index is 11.1. The molecule has 0 aliphatic heterocycles. The van der Waals surface area contributed by atoms with E-state index in [0.29, 0.717) is 6.42 Å². The fourth-order valence-corrected chi connectivity index (χ4v) is 3.83. The number of methoxy groups -OCH3 is 1. The van der Waals surface area contributed by atoms with E-state index in [-0.39, 0.29) is 11.9 Å². The Morgan fingerprint density at radius 1 is 0.833 bits per heavy atom. The lowest BCUT2D eigenvalue weighted by Crippen LogP contribution is -2.06. The molecule has 0 atom stereocenters. The highest BCUT2D eigenvalue weighted by Crippen LogP contribution is 2.30. The topological polar surface area (TPSA) is 44.1 Å². The molecule has 4 heteroatoms.